The summed E-state index contributed by atoms with van der Waals surface area (Å²) in [5.74, 6) is -0.156. The second-order valence-electron chi connectivity index (χ2n) is 5.45. The van der Waals surface area contributed by atoms with Crippen LogP contribution < -0.4 is 9.47 Å². The average molecular weight is 432 g/mol. The lowest BCUT2D eigenvalue weighted by Gasteiger charge is -1.97. The molecular weight excluding hydrogens is 416 g/mol. The molecular formula is C19H16N2O6S2. The van der Waals surface area contributed by atoms with Crippen LogP contribution in [0.2, 0.25) is 0 Å². The number of esters is 1. The smallest absolute Gasteiger partial charge is 0.367 e. The van der Waals surface area contributed by atoms with E-state index >= 15 is 0 Å². The predicted molar refractivity (Wildman–Crippen MR) is 111 cm³/mol. The zero-order valence-corrected chi connectivity index (χ0v) is 17.3. The van der Waals surface area contributed by atoms with Gasteiger partial charge in [-0.2, -0.15) is 0 Å². The van der Waals surface area contributed by atoms with Crippen molar-refractivity contribution in [2.45, 2.75) is 0 Å². The summed E-state index contributed by atoms with van der Waals surface area (Å²) in [6.07, 6.45) is 0. The zero-order chi connectivity index (χ0) is 21.0. The van der Waals surface area contributed by atoms with Crippen molar-refractivity contribution < 1.29 is 28.9 Å². The van der Waals surface area contributed by atoms with E-state index in [1.54, 1.807) is 13.2 Å². The van der Waals surface area contributed by atoms with Gasteiger partial charge >= 0.3 is 11.9 Å². The maximum Gasteiger partial charge on any atom is 0.367 e. The molecule has 0 aliphatic rings. The summed E-state index contributed by atoms with van der Waals surface area (Å²) in [4.78, 5) is 30.1. The molecule has 4 rings (SSSR count). The van der Waals surface area contributed by atoms with Gasteiger partial charge in [-0.25, -0.2) is 19.6 Å². The van der Waals surface area contributed by atoms with Crippen molar-refractivity contribution in [1.82, 2.24) is 9.97 Å². The summed E-state index contributed by atoms with van der Waals surface area (Å²) in [5, 5.41) is 9.19. The molecule has 0 unspecified atom stereocenters. The van der Waals surface area contributed by atoms with E-state index in [9.17, 15) is 9.59 Å². The number of aromatic carboxylic acids is 1. The first-order valence-electron chi connectivity index (χ1n) is 8.17. The van der Waals surface area contributed by atoms with Gasteiger partial charge < -0.3 is 19.3 Å². The van der Waals surface area contributed by atoms with Gasteiger partial charge in [0.1, 0.15) is 22.5 Å². The number of hydrogen-bond acceptors (Lipinski definition) is 9. The third kappa shape index (κ3) is 4.28. The fraction of sp³-hybridized carbons (Fsp3) is 0.158. The Bertz CT molecular complexity index is 1180. The van der Waals surface area contributed by atoms with Gasteiger partial charge in [0.2, 0.25) is 10.0 Å². The number of para-hydroxylation sites is 2. The van der Waals surface area contributed by atoms with Gasteiger partial charge in [0.05, 0.1) is 30.7 Å². The first kappa shape index (κ1) is 20.5. The molecule has 150 valence electrons. The third-order valence-corrected chi connectivity index (χ3v) is 5.76. The molecule has 4 aromatic rings. The summed E-state index contributed by atoms with van der Waals surface area (Å²) in [6, 6.07) is 11.0. The minimum Gasteiger partial charge on any atom is -0.494 e. The highest BCUT2D eigenvalue weighted by atomic mass is 32.1. The normalized spacial score (nSPS) is 10.3. The van der Waals surface area contributed by atoms with Crippen molar-refractivity contribution in [3.05, 3.63) is 46.4 Å². The van der Waals surface area contributed by atoms with Crippen molar-refractivity contribution in [2.75, 3.05) is 21.3 Å². The van der Waals surface area contributed by atoms with Gasteiger partial charge in [-0.05, 0) is 24.3 Å². The van der Waals surface area contributed by atoms with Gasteiger partial charge in [0.15, 0.2) is 0 Å². The van der Waals surface area contributed by atoms with Crippen molar-refractivity contribution >= 4 is 55.0 Å². The van der Waals surface area contributed by atoms with Gasteiger partial charge in [-0.3, -0.25) is 0 Å². The number of carboxylic acids is 1. The Morgan fingerprint density at radius 1 is 0.828 bits per heavy atom. The number of nitrogens with zero attached hydrogens (tertiary/aromatic N) is 2. The number of rotatable bonds is 4. The van der Waals surface area contributed by atoms with Gasteiger partial charge in [0.25, 0.3) is 0 Å². The van der Waals surface area contributed by atoms with Crippen LogP contribution in [0.1, 0.15) is 19.6 Å². The van der Waals surface area contributed by atoms with Crippen LogP contribution in [0.4, 0.5) is 0 Å². The van der Waals surface area contributed by atoms with E-state index < -0.39 is 11.9 Å². The molecule has 0 atom stereocenters. The lowest BCUT2D eigenvalue weighted by Crippen LogP contribution is -1.99. The monoisotopic (exact) mass is 432 g/mol. The van der Waals surface area contributed by atoms with Gasteiger partial charge in [-0.15, -0.1) is 22.7 Å². The molecule has 0 aliphatic carbocycles. The SMILES string of the molecule is COC(=O)c1nc2c(OC)cccc2s1.COc1cccc2sc(C(=O)O)nc12. The Balaban J connectivity index is 0.000000166. The second-order valence-corrected chi connectivity index (χ2v) is 7.51. The van der Waals surface area contributed by atoms with E-state index in [-0.39, 0.29) is 5.01 Å². The molecule has 2 heterocycles. The highest BCUT2D eigenvalue weighted by molar-refractivity contribution is 7.20. The number of ether oxygens (including phenoxy) is 3. The highest BCUT2D eigenvalue weighted by Gasteiger charge is 2.14. The highest BCUT2D eigenvalue weighted by Crippen LogP contribution is 2.30. The van der Waals surface area contributed by atoms with Gasteiger partial charge in [0, 0.05) is 0 Å². The quantitative estimate of drug-likeness (QED) is 0.480. The average Bonchev–Trinajstić information content (AvgIpc) is 3.37. The Kier molecular flexibility index (Phi) is 6.25. The van der Waals surface area contributed by atoms with Crippen LogP contribution in [0.15, 0.2) is 36.4 Å². The molecule has 0 aliphatic heterocycles. The Morgan fingerprint density at radius 3 is 1.76 bits per heavy atom. The number of benzene rings is 2. The molecule has 2 aromatic heterocycles. The molecule has 0 amide bonds. The van der Waals surface area contributed by atoms with Crippen molar-refractivity contribution in [3.8, 4) is 11.5 Å². The number of aromatic nitrogens is 2. The first-order chi connectivity index (χ1) is 14.0. The molecule has 2 aromatic carbocycles. The number of carbonyl (C=O) groups is 2. The summed E-state index contributed by atoms with van der Waals surface area (Å²) in [5.41, 5.74) is 1.31. The zero-order valence-electron chi connectivity index (χ0n) is 15.7. The van der Waals surface area contributed by atoms with Crippen LogP contribution in [0.3, 0.4) is 0 Å². The van der Waals surface area contributed by atoms with Crippen molar-refractivity contribution in [2.24, 2.45) is 0 Å². The molecule has 29 heavy (non-hydrogen) atoms. The van der Waals surface area contributed by atoms with Crippen LogP contribution in [-0.2, 0) is 4.74 Å². The minimum atomic E-state index is -1.01. The van der Waals surface area contributed by atoms with Crippen LogP contribution in [0, 0.1) is 0 Å². The summed E-state index contributed by atoms with van der Waals surface area (Å²) in [7, 11) is 4.45. The molecule has 0 radical (unpaired) electrons. The molecule has 0 fully saturated rings. The summed E-state index contributed by atoms with van der Waals surface area (Å²) in [6.45, 7) is 0. The Morgan fingerprint density at radius 2 is 1.31 bits per heavy atom. The van der Waals surface area contributed by atoms with E-state index in [4.69, 9.17) is 14.6 Å². The lowest BCUT2D eigenvalue weighted by atomic mass is 10.3. The predicted octanol–water partition coefficient (Wildman–Crippen LogP) is 4.09. The number of fused-ring (bicyclic) bond motifs is 2. The van der Waals surface area contributed by atoms with Crippen molar-refractivity contribution in [1.29, 1.82) is 0 Å². The summed E-state index contributed by atoms with van der Waals surface area (Å²) >= 11 is 2.44. The number of thiazole rings is 2. The lowest BCUT2D eigenvalue weighted by molar-refractivity contribution is 0.0599. The molecule has 8 nitrogen and oxygen atoms in total. The maximum absolute atomic E-state index is 11.3. The van der Waals surface area contributed by atoms with Crippen LogP contribution >= 0.6 is 22.7 Å². The fourth-order valence-corrected chi connectivity index (χ4v) is 4.17. The minimum absolute atomic E-state index is 0.0875. The first-order valence-corrected chi connectivity index (χ1v) is 9.80. The van der Waals surface area contributed by atoms with E-state index in [0.717, 1.165) is 20.7 Å². The largest absolute Gasteiger partial charge is 0.494 e. The van der Waals surface area contributed by atoms with E-state index in [1.807, 2.05) is 30.3 Å². The Labute approximate surface area is 173 Å². The molecule has 0 spiro atoms. The van der Waals surface area contributed by atoms with Crippen LogP contribution in [0.5, 0.6) is 11.5 Å². The van der Waals surface area contributed by atoms with E-state index in [2.05, 4.69) is 14.7 Å². The molecule has 0 saturated carbocycles. The molecule has 0 bridgehead atoms. The van der Waals surface area contributed by atoms with Crippen molar-refractivity contribution in [3.63, 3.8) is 0 Å². The number of carbonyl (C=O) groups excluding carboxylic acids is 1. The van der Waals surface area contributed by atoms with E-state index in [1.165, 1.54) is 25.6 Å². The molecule has 0 saturated heterocycles. The number of carboxylic acid groups (broad SMARTS) is 1. The maximum atomic E-state index is 11.3. The molecule has 1 N–H and O–H groups in total. The number of hydrogen-bond donors (Lipinski definition) is 1. The third-order valence-electron chi connectivity index (χ3n) is 3.75. The standard InChI is InChI=1S/C10H9NO3S.C9H7NO3S/c1-13-6-4-3-5-7-8(6)11-9(15-7)10(12)14-2;1-13-5-3-2-4-6-7(5)10-8(14-6)9(11)12/h3-5H,1-2H3;2-4H,1H3,(H,11,12). The van der Waals surface area contributed by atoms with E-state index in [0.29, 0.717) is 27.5 Å². The van der Waals surface area contributed by atoms with Crippen LogP contribution in [-0.4, -0.2) is 48.3 Å². The fourth-order valence-electron chi connectivity index (χ4n) is 2.44. The topological polar surface area (TPSA) is 108 Å². The van der Waals surface area contributed by atoms with Crippen LogP contribution in [0.25, 0.3) is 20.4 Å². The number of methoxy groups -OCH3 is 3. The van der Waals surface area contributed by atoms with Gasteiger partial charge in [-0.1, -0.05) is 12.1 Å². The summed E-state index contributed by atoms with van der Waals surface area (Å²) < 4.78 is 16.6. The second kappa shape index (κ2) is 8.84. The Hall–Kier alpha value is -3.24. The molecule has 10 heteroatoms.